The molecule has 0 aromatic carbocycles. The Balaban J connectivity index is 1.53. The van der Waals surface area contributed by atoms with Gasteiger partial charge in [0.1, 0.15) is 0 Å². The van der Waals surface area contributed by atoms with Crippen LogP contribution in [0, 0.1) is 5.92 Å². The van der Waals surface area contributed by atoms with E-state index in [1.807, 2.05) is 17.5 Å². The zero-order chi connectivity index (χ0) is 15.4. The summed E-state index contributed by atoms with van der Waals surface area (Å²) in [6, 6.07) is 3.49. The van der Waals surface area contributed by atoms with Crippen LogP contribution < -0.4 is 10.6 Å². The molecule has 2 aromatic rings. The third-order valence-corrected chi connectivity index (χ3v) is 4.58. The van der Waals surface area contributed by atoms with Gasteiger partial charge in [-0.05, 0) is 25.0 Å². The highest BCUT2D eigenvalue weighted by molar-refractivity contribution is 7.14. The van der Waals surface area contributed by atoms with Crippen molar-refractivity contribution in [1.29, 1.82) is 0 Å². The maximum absolute atomic E-state index is 11.9. The Labute approximate surface area is 132 Å². The van der Waals surface area contributed by atoms with Crippen LogP contribution in [0.1, 0.15) is 19.3 Å². The van der Waals surface area contributed by atoms with Crippen molar-refractivity contribution >= 4 is 22.5 Å². The molecule has 6 nitrogen and oxygen atoms in total. The van der Waals surface area contributed by atoms with Gasteiger partial charge in [-0.2, -0.15) is 0 Å². The molecule has 0 saturated heterocycles. The first kappa shape index (κ1) is 14.9. The molecule has 0 aliphatic heterocycles. The molecule has 0 bridgehead atoms. The largest absolute Gasteiger partial charge is 0.393 e. The first-order valence-corrected chi connectivity index (χ1v) is 8.19. The lowest BCUT2D eigenvalue weighted by Gasteiger charge is -2.14. The van der Waals surface area contributed by atoms with Crippen LogP contribution in [0.3, 0.4) is 0 Å². The lowest BCUT2D eigenvalue weighted by atomic mass is 10.1. The summed E-state index contributed by atoms with van der Waals surface area (Å²) in [5, 5.41) is 17.7. The highest BCUT2D eigenvalue weighted by atomic mass is 32.1. The zero-order valence-electron chi connectivity index (χ0n) is 12.0. The van der Waals surface area contributed by atoms with Gasteiger partial charge in [0.15, 0.2) is 5.13 Å². The fourth-order valence-electron chi connectivity index (χ4n) is 2.60. The number of rotatable bonds is 4. The fraction of sp³-hybridized carbons (Fsp3) is 0.400. The Bertz CT molecular complexity index is 631. The Hall–Kier alpha value is -1.99. The maximum Gasteiger partial charge on any atom is 0.321 e. The van der Waals surface area contributed by atoms with E-state index in [-0.39, 0.29) is 18.1 Å². The molecule has 22 heavy (non-hydrogen) atoms. The standard InChI is InChI=1S/C15H18N4O2S/c20-13-5-1-3-11(13)8-17-14(21)19-15-18-12(9-22-15)10-4-2-6-16-7-10/h2,4,6-7,9,11,13,20H,1,3,5,8H2,(H2,17,18,19,21). The number of hydrogen-bond donors (Lipinski definition) is 3. The lowest BCUT2D eigenvalue weighted by molar-refractivity contribution is 0.133. The average molecular weight is 318 g/mol. The summed E-state index contributed by atoms with van der Waals surface area (Å²) in [5.41, 5.74) is 1.71. The Kier molecular flexibility index (Phi) is 4.65. The van der Waals surface area contributed by atoms with Crippen LogP contribution in [0.4, 0.5) is 9.93 Å². The molecular formula is C15H18N4O2S. The predicted molar refractivity (Wildman–Crippen MR) is 85.7 cm³/mol. The van der Waals surface area contributed by atoms with E-state index in [9.17, 15) is 9.90 Å². The minimum absolute atomic E-state index is 0.160. The van der Waals surface area contributed by atoms with Crippen molar-refractivity contribution in [3.05, 3.63) is 29.9 Å². The van der Waals surface area contributed by atoms with E-state index in [1.165, 1.54) is 11.3 Å². The molecule has 3 N–H and O–H groups in total. The second-order valence-corrected chi connectivity index (χ2v) is 6.23. The van der Waals surface area contributed by atoms with E-state index in [0.717, 1.165) is 30.5 Å². The van der Waals surface area contributed by atoms with Crippen molar-refractivity contribution < 1.29 is 9.90 Å². The SMILES string of the molecule is O=C(NCC1CCCC1O)Nc1nc(-c2cccnc2)cs1. The van der Waals surface area contributed by atoms with E-state index >= 15 is 0 Å². The predicted octanol–water partition coefficient (Wildman–Crippen LogP) is 2.49. The van der Waals surface area contributed by atoms with Crippen LogP contribution in [0.5, 0.6) is 0 Å². The van der Waals surface area contributed by atoms with Crippen molar-refractivity contribution in [3.63, 3.8) is 0 Å². The van der Waals surface area contributed by atoms with E-state index in [1.54, 1.807) is 12.4 Å². The molecule has 1 aliphatic carbocycles. The molecule has 2 amide bonds. The summed E-state index contributed by atoms with van der Waals surface area (Å²) >= 11 is 1.37. The first-order valence-electron chi connectivity index (χ1n) is 7.31. The van der Waals surface area contributed by atoms with Gasteiger partial charge in [0.25, 0.3) is 0 Å². The van der Waals surface area contributed by atoms with E-state index < -0.39 is 0 Å². The van der Waals surface area contributed by atoms with Gasteiger partial charge in [0, 0.05) is 35.8 Å². The summed E-state index contributed by atoms with van der Waals surface area (Å²) in [5.74, 6) is 0.160. The number of pyridine rings is 1. The molecule has 2 heterocycles. The minimum Gasteiger partial charge on any atom is -0.393 e. The smallest absolute Gasteiger partial charge is 0.321 e. The quantitative estimate of drug-likeness (QED) is 0.808. The second kappa shape index (κ2) is 6.85. The van der Waals surface area contributed by atoms with Crippen molar-refractivity contribution in [2.24, 2.45) is 5.92 Å². The van der Waals surface area contributed by atoms with Gasteiger partial charge >= 0.3 is 6.03 Å². The Morgan fingerprint density at radius 1 is 1.45 bits per heavy atom. The monoisotopic (exact) mass is 318 g/mol. The van der Waals surface area contributed by atoms with Crippen LogP contribution in [0.2, 0.25) is 0 Å². The van der Waals surface area contributed by atoms with Crippen molar-refractivity contribution in [2.45, 2.75) is 25.4 Å². The summed E-state index contributed by atoms with van der Waals surface area (Å²) < 4.78 is 0. The third-order valence-electron chi connectivity index (χ3n) is 3.83. The van der Waals surface area contributed by atoms with Gasteiger partial charge in [-0.1, -0.05) is 6.42 Å². The van der Waals surface area contributed by atoms with Gasteiger partial charge in [0.2, 0.25) is 0 Å². The number of aliphatic hydroxyl groups is 1. The van der Waals surface area contributed by atoms with Crippen LogP contribution in [-0.4, -0.2) is 33.8 Å². The van der Waals surface area contributed by atoms with Crippen LogP contribution in [-0.2, 0) is 0 Å². The van der Waals surface area contributed by atoms with Gasteiger partial charge in [0.05, 0.1) is 11.8 Å². The van der Waals surface area contributed by atoms with Crippen molar-refractivity contribution in [2.75, 3.05) is 11.9 Å². The van der Waals surface area contributed by atoms with Gasteiger partial charge in [-0.3, -0.25) is 10.3 Å². The van der Waals surface area contributed by atoms with Crippen molar-refractivity contribution in [1.82, 2.24) is 15.3 Å². The number of nitrogens with one attached hydrogen (secondary N) is 2. The number of nitrogens with zero attached hydrogens (tertiary/aromatic N) is 2. The number of carbonyl (C=O) groups excluding carboxylic acids is 1. The first-order chi connectivity index (χ1) is 10.7. The molecule has 2 atom stereocenters. The van der Waals surface area contributed by atoms with Gasteiger partial charge in [-0.15, -0.1) is 11.3 Å². The van der Waals surface area contributed by atoms with Crippen molar-refractivity contribution in [3.8, 4) is 11.3 Å². The van der Waals surface area contributed by atoms with Gasteiger partial charge in [-0.25, -0.2) is 9.78 Å². The number of aliphatic hydroxyl groups excluding tert-OH is 1. The molecule has 7 heteroatoms. The number of aromatic nitrogens is 2. The molecule has 0 spiro atoms. The summed E-state index contributed by atoms with van der Waals surface area (Å²) in [4.78, 5) is 20.3. The molecule has 2 aromatic heterocycles. The molecule has 116 valence electrons. The number of carbonyl (C=O) groups is 1. The number of anilines is 1. The molecule has 0 radical (unpaired) electrons. The highest BCUT2D eigenvalue weighted by Gasteiger charge is 2.25. The van der Waals surface area contributed by atoms with Crippen LogP contribution in [0.15, 0.2) is 29.9 Å². The zero-order valence-corrected chi connectivity index (χ0v) is 12.8. The van der Waals surface area contributed by atoms with Crippen LogP contribution >= 0.6 is 11.3 Å². The fourth-order valence-corrected chi connectivity index (χ4v) is 3.31. The molecule has 1 aliphatic rings. The topological polar surface area (TPSA) is 87.1 Å². The average Bonchev–Trinajstić information content (AvgIpc) is 3.15. The maximum atomic E-state index is 11.9. The van der Waals surface area contributed by atoms with E-state index in [4.69, 9.17) is 0 Å². The number of amides is 2. The van der Waals surface area contributed by atoms with Gasteiger partial charge < -0.3 is 10.4 Å². The third kappa shape index (κ3) is 3.61. The summed E-state index contributed by atoms with van der Waals surface area (Å²) in [6.07, 6.45) is 5.96. The Morgan fingerprint density at radius 2 is 2.36 bits per heavy atom. The summed E-state index contributed by atoms with van der Waals surface area (Å²) in [6.45, 7) is 0.494. The molecule has 1 fully saturated rings. The summed E-state index contributed by atoms with van der Waals surface area (Å²) in [7, 11) is 0. The number of thiazole rings is 1. The molecule has 3 rings (SSSR count). The normalized spacial score (nSPS) is 20.8. The second-order valence-electron chi connectivity index (χ2n) is 5.37. The highest BCUT2D eigenvalue weighted by Crippen LogP contribution is 2.25. The molecular weight excluding hydrogens is 300 g/mol. The molecule has 1 saturated carbocycles. The van der Waals surface area contributed by atoms with Crippen LogP contribution in [0.25, 0.3) is 11.3 Å². The molecule has 2 unspecified atom stereocenters. The number of urea groups is 1. The number of hydrogen-bond acceptors (Lipinski definition) is 5. The minimum atomic E-state index is -0.294. The lowest BCUT2D eigenvalue weighted by Crippen LogP contribution is -2.35. The van der Waals surface area contributed by atoms with E-state index in [2.05, 4.69) is 20.6 Å². The van der Waals surface area contributed by atoms with E-state index in [0.29, 0.717) is 11.7 Å². The Morgan fingerprint density at radius 3 is 3.09 bits per heavy atom.